The van der Waals surface area contributed by atoms with Crippen LogP contribution in [0, 0.1) is 21.7 Å². The molecule has 92 valence electrons. The molecule has 1 aromatic rings. The Bertz CT molecular complexity index is 480. The Hall–Kier alpha value is -1.76. The van der Waals surface area contributed by atoms with Crippen molar-refractivity contribution in [2.45, 2.75) is 12.3 Å². The molecule has 1 N–H and O–H groups in total. The minimum atomic E-state index is -1.50. The highest BCUT2D eigenvalue weighted by Gasteiger charge is 2.24. The van der Waals surface area contributed by atoms with Gasteiger partial charge in [-0.25, -0.2) is 8.78 Å². The van der Waals surface area contributed by atoms with Crippen molar-refractivity contribution in [3.05, 3.63) is 33.9 Å². The Morgan fingerprint density at radius 1 is 1.53 bits per heavy atom. The lowest BCUT2D eigenvalue weighted by Gasteiger charge is -2.08. The van der Waals surface area contributed by atoms with Gasteiger partial charge in [0.05, 0.1) is 4.92 Å². The highest BCUT2D eigenvalue weighted by Crippen LogP contribution is 2.29. The average molecular weight is 265 g/mol. The van der Waals surface area contributed by atoms with Crippen LogP contribution in [0.3, 0.4) is 0 Å². The second-order valence-corrected chi connectivity index (χ2v) is 3.77. The number of rotatable bonds is 3. The number of nitrogens with zero attached hydrogens (tertiary/aromatic N) is 1. The number of carbonyl (C=O) groups excluding carboxylic acids is 1. The number of hydrogen-bond donors (Lipinski definition) is 1. The number of anilines is 1. The van der Waals surface area contributed by atoms with Gasteiger partial charge in [0, 0.05) is 6.07 Å². The first-order valence-electron chi connectivity index (χ1n) is 4.42. The fraction of sp³-hybridized carbons (Fsp3) is 0.222. The minimum Gasteiger partial charge on any atom is -0.317 e. The monoisotopic (exact) mass is 264 g/mol. The molecule has 8 heteroatoms. The van der Waals surface area contributed by atoms with Crippen LogP contribution >= 0.6 is 11.6 Å². The highest BCUT2D eigenvalue weighted by atomic mass is 35.5. The lowest BCUT2D eigenvalue weighted by atomic mass is 10.2. The SMILES string of the molecule is CC(Cl)C(=O)Nc1c([N+](=O)[O-])ccc(F)c1F. The van der Waals surface area contributed by atoms with E-state index in [2.05, 4.69) is 0 Å². The molecule has 1 unspecified atom stereocenters. The summed E-state index contributed by atoms with van der Waals surface area (Å²) in [6.07, 6.45) is 0. The van der Waals surface area contributed by atoms with Crippen LogP contribution in [0.4, 0.5) is 20.2 Å². The van der Waals surface area contributed by atoms with Crippen LogP contribution in [0.15, 0.2) is 12.1 Å². The third kappa shape index (κ3) is 2.88. The fourth-order valence-electron chi connectivity index (χ4n) is 1.03. The van der Waals surface area contributed by atoms with Crippen molar-refractivity contribution < 1.29 is 18.5 Å². The maximum atomic E-state index is 13.3. The Morgan fingerprint density at radius 2 is 2.12 bits per heavy atom. The molecule has 17 heavy (non-hydrogen) atoms. The lowest BCUT2D eigenvalue weighted by molar-refractivity contribution is -0.384. The van der Waals surface area contributed by atoms with Gasteiger partial charge in [0.1, 0.15) is 5.38 Å². The van der Waals surface area contributed by atoms with Crippen LogP contribution < -0.4 is 5.32 Å². The van der Waals surface area contributed by atoms with E-state index in [1.165, 1.54) is 6.92 Å². The van der Waals surface area contributed by atoms with Crippen LogP contribution in [0.2, 0.25) is 0 Å². The van der Waals surface area contributed by atoms with Gasteiger partial charge in [-0.05, 0) is 13.0 Å². The van der Waals surface area contributed by atoms with Crippen LogP contribution in [0.25, 0.3) is 0 Å². The summed E-state index contributed by atoms with van der Waals surface area (Å²) in [4.78, 5) is 20.8. The third-order valence-electron chi connectivity index (χ3n) is 1.88. The van der Waals surface area contributed by atoms with Gasteiger partial charge in [0.2, 0.25) is 5.91 Å². The van der Waals surface area contributed by atoms with Crippen LogP contribution in [0.1, 0.15) is 6.92 Å². The molecule has 1 atom stereocenters. The van der Waals surface area contributed by atoms with Crippen LogP contribution in [-0.2, 0) is 4.79 Å². The number of nitro groups is 1. The van der Waals surface area contributed by atoms with Crippen molar-refractivity contribution in [2.24, 2.45) is 0 Å². The standard InChI is InChI=1S/C9H7ClF2N2O3/c1-4(10)9(15)13-8-6(14(16)17)3-2-5(11)7(8)12/h2-4H,1H3,(H,13,15). The first-order valence-corrected chi connectivity index (χ1v) is 4.85. The summed E-state index contributed by atoms with van der Waals surface area (Å²) in [5, 5.41) is 11.4. The molecule has 0 saturated heterocycles. The van der Waals surface area contributed by atoms with Crippen molar-refractivity contribution in [1.29, 1.82) is 0 Å². The minimum absolute atomic E-state index is 0.604. The summed E-state index contributed by atoms with van der Waals surface area (Å²) in [6.45, 7) is 1.29. The molecule has 0 aliphatic rings. The molecule has 1 rings (SSSR count). The fourth-order valence-corrected chi connectivity index (χ4v) is 1.09. The van der Waals surface area contributed by atoms with Crippen LogP contribution in [0.5, 0.6) is 0 Å². The lowest BCUT2D eigenvalue weighted by Crippen LogP contribution is -2.22. The summed E-state index contributed by atoms with van der Waals surface area (Å²) in [5.41, 5.74) is -1.57. The number of alkyl halides is 1. The maximum absolute atomic E-state index is 13.3. The van der Waals surface area contributed by atoms with Crippen molar-refractivity contribution in [2.75, 3.05) is 5.32 Å². The summed E-state index contributed by atoms with van der Waals surface area (Å²) >= 11 is 5.40. The zero-order valence-corrected chi connectivity index (χ0v) is 9.29. The van der Waals surface area contributed by atoms with E-state index >= 15 is 0 Å². The zero-order chi connectivity index (χ0) is 13.2. The van der Waals surface area contributed by atoms with Crippen molar-refractivity contribution >= 4 is 28.9 Å². The number of carbonyl (C=O) groups is 1. The Balaban J connectivity index is 3.24. The van der Waals surface area contributed by atoms with E-state index in [4.69, 9.17) is 11.6 Å². The number of nitrogens with one attached hydrogen (secondary N) is 1. The predicted molar refractivity (Wildman–Crippen MR) is 57.0 cm³/mol. The molecule has 0 bridgehead atoms. The molecule has 5 nitrogen and oxygen atoms in total. The van der Waals surface area contributed by atoms with Gasteiger partial charge in [-0.1, -0.05) is 0 Å². The van der Waals surface area contributed by atoms with Gasteiger partial charge in [0.25, 0.3) is 5.69 Å². The molecule has 0 spiro atoms. The molecule has 0 aliphatic heterocycles. The van der Waals surface area contributed by atoms with Crippen LogP contribution in [-0.4, -0.2) is 16.2 Å². The smallest absolute Gasteiger partial charge is 0.296 e. The molecule has 1 aromatic carbocycles. The summed E-state index contributed by atoms with van der Waals surface area (Å²) in [5.74, 6) is -3.66. The average Bonchev–Trinajstić information content (AvgIpc) is 2.24. The predicted octanol–water partition coefficient (Wildman–Crippen LogP) is 2.44. The van der Waals surface area contributed by atoms with E-state index < -0.39 is 39.2 Å². The highest BCUT2D eigenvalue weighted by molar-refractivity contribution is 6.32. The van der Waals surface area contributed by atoms with E-state index in [0.717, 1.165) is 6.07 Å². The maximum Gasteiger partial charge on any atom is 0.296 e. The Kier molecular flexibility index (Phi) is 3.95. The van der Waals surface area contributed by atoms with Gasteiger partial charge in [-0.2, -0.15) is 0 Å². The van der Waals surface area contributed by atoms with Gasteiger partial charge < -0.3 is 5.32 Å². The summed E-state index contributed by atoms with van der Waals surface area (Å²) in [6, 6.07) is 1.36. The molecule has 0 saturated carbocycles. The molecule has 0 aliphatic carbocycles. The summed E-state index contributed by atoms with van der Waals surface area (Å²) < 4.78 is 26.2. The number of benzene rings is 1. The number of hydrogen-bond acceptors (Lipinski definition) is 3. The van der Waals surface area contributed by atoms with E-state index in [0.29, 0.717) is 6.07 Å². The second kappa shape index (κ2) is 5.05. The van der Waals surface area contributed by atoms with Crippen molar-refractivity contribution in [1.82, 2.24) is 0 Å². The molecule has 0 aromatic heterocycles. The van der Waals surface area contributed by atoms with E-state index in [-0.39, 0.29) is 0 Å². The number of nitro benzene ring substituents is 1. The van der Waals surface area contributed by atoms with Gasteiger partial charge in [-0.15, -0.1) is 11.6 Å². The molecule has 0 radical (unpaired) electrons. The number of amides is 1. The normalized spacial score (nSPS) is 12.0. The topological polar surface area (TPSA) is 72.2 Å². The molecular weight excluding hydrogens is 258 g/mol. The Labute approximate surface area is 99.5 Å². The molecule has 0 heterocycles. The van der Waals surface area contributed by atoms with Crippen molar-refractivity contribution in [3.8, 4) is 0 Å². The first-order chi connectivity index (χ1) is 7.84. The quantitative estimate of drug-likeness (QED) is 0.518. The van der Waals surface area contributed by atoms with Crippen molar-refractivity contribution in [3.63, 3.8) is 0 Å². The second-order valence-electron chi connectivity index (χ2n) is 3.12. The molecule has 1 amide bonds. The van der Waals surface area contributed by atoms with Gasteiger partial charge >= 0.3 is 0 Å². The van der Waals surface area contributed by atoms with E-state index in [9.17, 15) is 23.7 Å². The van der Waals surface area contributed by atoms with E-state index in [1.54, 1.807) is 0 Å². The Morgan fingerprint density at radius 3 is 2.59 bits per heavy atom. The molecular formula is C9H7ClF2N2O3. The largest absolute Gasteiger partial charge is 0.317 e. The molecule has 0 fully saturated rings. The third-order valence-corrected chi connectivity index (χ3v) is 2.08. The number of halogens is 3. The zero-order valence-electron chi connectivity index (χ0n) is 8.54. The van der Waals surface area contributed by atoms with Gasteiger partial charge in [-0.3, -0.25) is 14.9 Å². The van der Waals surface area contributed by atoms with Gasteiger partial charge in [0.15, 0.2) is 17.3 Å². The van der Waals surface area contributed by atoms with E-state index in [1.807, 2.05) is 5.32 Å². The summed E-state index contributed by atoms with van der Waals surface area (Å²) in [7, 11) is 0. The first kappa shape index (κ1) is 13.3.